The van der Waals surface area contributed by atoms with Gasteiger partial charge in [0.1, 0.15) is 5.82 Å². The van der Waals surface area contributed by atoms with Crippen molar-refractivity contribution >= 4 is 11.0 Å². The molecule has 0 spiro atoms. The number of rotatable bonds is 6. The number of hydrogen-bond acceptors (Lipinski definition) is 3. The average molecular weight is 328 g/mol. The molecule has 0 saturated carbocycles. The summed E-state index contributed by atoms with van der Waals surface area (Å²) >= 11 is 0. The number of aliphatic hydroxyl groups excluding tert-OH is 1. The van der Waals surface area contributed by atoms with Crippen molar-refractivity contribution in [3.63, 3.8) is 0 Å². The Morgan fingerprint density at radius 3 is 2.75 bits per heavy atom. The molecule has 0 aliphatic carbocycles. The molecule has 0 aliphatic rings. The second kappa shape index (κ2) is 7.11. The molecule has 24 heavy (non-hydrogen) atoms. The number of aromatic nitrogens is 2. The standard InChI is InChI=1S/C19H21FN2O2/c1-13-7-18-19(8-14(13)2)22(12-21-18)9-16(23)11-24-10-15-5-3-4-6-17(15)20/h3-8,12,16,23H,9-11H2,1-2H3. The molecule has 0 aliphatic heterocycles. The van der Waals surface area contributed by atoms with E-state index in [0.29, 0.717) is 12.1 Å². The van der Waals surface area contributed by atoms with E-state index in [0.717, 1.165) is 11.0 Å². The number of hydrogen-bond donors (Lipinski definition) is 1. The number of fused-ring (bicyclic) bond motifs is 1. The van der Waals surface area contributed by atoms with Gasteiger partial charge in [-0.3, -0.25) is 0 Å². The van der Waals surface area contributed by atoms with Crippen LogP contribution in [0.15, 0.2) is 42.7 Å². The number of aliphatic hydroxyl groups is 1. The van der Waals surface area contributed by atoms with E-state index in [1.165, 1.54) is 17.2 Å². The van der Waals surface area contributed by atoms with Gasteiger partial charge < -0.3 is 14.4 Å². The van der Waals surface area contributed by atoms with Crippen LogP contribution in [-0.4, -0.2) is 27.4 Å². The topological polar surface area (TPSA) is 47.3 Å². The Bertz CT molecular complexity index is 844. The molecule has 4 nitrogen and oxygen atoms in total. The first-order valence-electron chi connectivity index (χ1n) is 7.96. The smallest absolute Gasteiger partial charge is 0.128 e. The van der Waals surface area contributed by atoms with Crippen LogP contribution in [0.25, 0.3) is 11.0 Å². The molecule has 0 amide bonds. The van der Waals surface area contributed by atoms with Crippen LogP contribution in [0.3, 0.4) is 0 Å². The highest BCUT2D eigenvalue weighted by atomic mass is 19.1. The lowest BCUT2D eigenvalue weighted by Gasteiger charge is -2.13. The predicted molar refractivity (Wildman–Crippen MR) is 91.3 cm³/mol. The predicted octanol–water partition coefficient (Wildman–Crippen LogP) is 3.37. The first-order chi connectivity index (χ1) is 11.5. The summed E-state index contributed by atoms with van der Waals surface area (Å²) in [5, 5.41) is 10.2. The molecule has 1 aromatic heterocycles. The van der Waals surface area contributed by atoms with E-state index in [-0.39, 0.29) is 19.0 Å². The largest absolute Gasteiger partial charge is 0.389 e. The van der Waals surface area contributed by atoms with Gasteiger partial charge in [-0.2, -0.15) is 0 Å². The maximum absolute atomic E-state index is 13.5. The Hall–Kier alpha value is -2.24. The molecule has 0 saturated heterocycles. The molecule has 1 heterocycles. The van der Waals surface area contributed by atoms with Gasteiger partial charge in [0, 0.05) is 5.56 Å². The van der Waals surface area contributed by atoms with Gasteiger partial charge in [0.15, 0.2) is 0 Å². The summed E-state index contributed by atoms with van der Waals surface area (Å²) in [6.45, 7) is 4.78. The maximum atomic E-state index is 13.5. The number of benzene rings is 2. The summed E-state index contributed by atoms with van der Waals surface area (Å²) in [4.78, 5) is 4.37. The molecule has 3 rings (SSSR count). The Labute approximate surface area is 140 Å². The average Bonchev–Trinajstić information content (AvgIpc) is 2.92. The summed E-state index contributed by atoms with van der Waals surface area (Å²) in [5.41, 5.74) is 4.78. The van der Waals surface area contributed by atoms with E-state index >= 15 is 0 Å². The Morgan fingerprint density at radius 1 is 1.21 bits per heavy atom. The lowest BCUT2D eigenvalue weighted by molar-refractivity contribution is 0.0199. The molecule has 0 bridgehead atoms. The minimum atomic E-state index is -0.684. The zero-order valence-electron chi connectivity index (χ0n) is 13.9. The zero-order valence-corrected chi connectivity index (χ0v) is 13.9. The third-order valence-electron chi connectivity index (χ3n) is 4.17. The van der Waals surface area contributed by atoms with Crippen molar-refractivity contribution in [1.82, 2.24) is 9.55 Å². The van der Waals surface area contributed by atoms with Gasteiger partial charge in [-0.1, -0.05) is 18.2 Å². The van der Waals surface area contributed by atoms with Gasteiger partial charge in [-0.05, 0) is 43.2 Å². The first-order valence-corrected chi connectivity index (χ1v) is 7.96. The van der Waals surface area contributed by atoms with Crippen molar-refractivity contribution in [1.29, 1.82) is 0 Å². The SMILES string of the molecule is Cc1cc2ncn(CC(O)COCc3ccccc3F)c2cc1C. The first kappa shape index (κ1) is 16.6. The molecular weight excluding hydrogens is 307 g/mol. The maximum Gasteiger partial charge on any atom is 0.128 e. The summed E-state index contributed by atoms with van der Waals surface area (Å²) in [6, 6.07) is 10.6. The molecule has 126 valence electrons. The van der Waals surface area contributed by atoms with Crippen LogP contribution in [0.5, 0.6) is 0 Å². The van der Waals surface area contributed by atoms with Crippen molar-refractivity contribution < 1.29 is 14.2 Å². The number of nitrogens with zero attached hydrogens (tertiary/aromatic N) is 2. The van der Waals surface area contributed by atoms with Gasteiger partial charge in [0.2, 0.25) is 0 Å². The van der Waals surface area contributed by atoms with E-state index in [9.17, 15) is 9.50 Å². The van der Waals surface area contributed by atoms with Gasteiger partial charge in [-0.15, -0.1) is 0 Å². The number of aryl methyl sites for hydroxylation is 2. The van der Waals surface area contributed by atoms with E-state index in [1.807, 2.05) is 10.6 Å². The molecule has 3 aromatic rings. The van der Waals surface area contributed by atoms with Crippen molar-refractivity contribution in [3.05, 3.63) is 65.2 Å². The fourth-order valence-electron chi connectivity index (χ4n) is 2.66. The minimum Gasteiger partial charge on any atom is -0.389 e. The van der Waals surface area contributed by atoms with E-state index < -0.39 is 6.10 Å². The van der Waals surface area contributed by atoms with E-state index in [1.54, 1.807) is 24.5 Å². The monoisotopic (exact) mass is 328 g/mol. The molecule has 2 aromatic carbocycles. The van der Waals surface area contributed by atoms with E-state index in [2.05, 4.69) is 24.9 Å². The van der Waals surface area contributed by atoms with Crippen LogP contribution in [0.2, 0.25) is 0 Å². The summed E-state index contributed by atoms with van der Waals surface area (Å²) in [7, 11) is 0. The molecule has 1 unspecified atom stereocenters. The second-order valence-corrected chi connectivity index (χ2v) is 6.08. The Morgan fingerprint density at radius 2 is 1.96 bits per heavy atom. The van der Waals surface area contributed by atoms with Crippen LogP contribution < -0.4 is 0 Å². The van der Waals surface area contributed by atoms with Crippen molar-refractivity contribution in [2.24, 2.45) is 0 Å². The molecule has 5 heteroatoms. The highest BCUT2D eigenvalue weighted by Crippen LogP contribution is 2.18. The van der Waals surface area contributed by atoms with Crippen LogP contribution >= 0.6 is 0 Å². The lowest BCUT2D eigenvalue weighted by atomic mass is 10.1. The molecule has 1 N–H and O–H groups in total. The number of halogens is 1. The highest BCUT2D eigenvalue weighted by Gasteiger charge is 2.11. The molecule has 0 fully saturated rings. The quantitative estimate of drug-likeness (QED) is 0.755. The third-order valence-corrected chi connectivity index (χ3v) is 4.17. The zero-order chi connectivity index (χ0) is 17.1. The Kier molecular flexibility index (Phi) is 4.92. The van der Waals surface area contributed by atoms with Crippen LogP contribution in [0.1, 0.15) is 16.7 Å². The summed E-state index contributed by atoms with van der Waals surface area (Å²) in [5.74, 6) is -0.293. The van der Waals surface area contributed by atoms with Crippen molar-refractivity contribution in [2.45, 2.75) is 33.1 Å². The normalized spacial score (nSPS) is 12.7. The number of imidazole rings is 1. The van der Waals surface area contributed by atoms with Crippen LogP contribution in [0.4, 0.5) is 4.39 Å². The number of ether oxygens (including phenoxy) is 1. The van der Waals surface area contributed by atoms with Gasteiger partial charge in [0.25, 0.3) is 0 Å². The van der Waals surface area contributed by atoms with Crippen LogP contribution in [-0.2, 0) is 17.9 Å². The summed E-state index contributed by atoms with van der Waals surface area (Å²) < 4.78 is 20.9. The fraction of sp³-hybridized carbons (Fsp3) is 0.316. The Balaban J connectivity index is 1.60. The minimum absolute atomic E-state index is 0.138. The second-order valence-electron chi connectivity index (χ2n) is 6.08. The summed E-state index contributed by atoms with van der Waals surface area (Å²) in [6.07, 6.45) is 1.04. The fourth-order valence-corrected chi connectivity index (χ4v) is 2.66. The lowest BCUT2D eigenvalue weighted by Crippen LogP contribution is -2.21. The van der Waals surface area contributed by atoms with Crippen LogP contribution in [0, 0.1) is 19.7 Å². The van der Waals surface area contributed by atoms with E-state index in [4.69, 9.17) is 4.74 Å². The third kappa shape index (κ3) is 3.63. The molecule has 1 atom stereocenters. The van der Waals surface area contributed by atoms with Gasteiger partial charge in [-0.25, -0.2) is 9.37 Å². The highest BCUT2D eigenvalue weighted by molar-refractivity contribution is 5.77. The van der Waals surface area contributed by atoms with Crippen molar-refractivity contribution in [2.75, 3.05) is 6.61 Å². The molecular formula is C19H21FN2O2. The van der Waals surface area contributed by atoms with Crippen molar-refractivity contribution in [3.8, 4) is 0 Å². The van der Waals surface area contributed by atoms with Gasteiger partial charge in [0.05, 0.1) is 43.2 Å². The molecule has 0 radical (unpaired) electrons. The van der Waals surface area contributed by atoms with Gasteiger partial charge >= 0.3 is 0 Å².